The molecule has 0 aromatic carbocycles. The molecule has 0 saturated heterocycles. The highest BCUT2D eigenvalue weighted by molar-refractivity contribution is 7.09. The number of guanidine groups is 1. The molecule has 1 aromatic rings. The Morgan fingerprint density at radius 3 is 3.16 bits per heavy atom. The summed E-state index contributed by atoms with van der Waals surface area (Å²) < 4.78 is 0. The Morgan fingerprint density at radius 2 is 2.42 bits per heavy atom. The molecule has 1 heterocycles. The summed E-state index contributed by atoms with van der Waals surface area (Å²) in [5, 5.41) is 5.31. The molecule has 0 amide bonds. The molecule has 0 spiro atoms. The third kappa shape index (κ3) is 5.23. The monoisotopic (exact) mass is 279 g/mol. The van der Waals surface area contributed by atoms with E-state index in [0.29, 0.717) is 5.96 Å². The summed E-state index contributed by atoms with van der Waals surface area (Å²) >= 11 is 1.79. The van der Waals surface area contributed by atoms with Gasteiger partial charge in [-0.05, 0) is 42.5 Å². The van der Waals surface area contributed by atoms with E-state index < -0.39 is 0 Å². The van der Waals surface area contributed by atoms with E-state index in [1.165, 1.54) is 30.6 Å². The highest BCUT2D eigenvalue weighted by Gasteiger charge is 2.18. The molecule has 1 fully saturated rings. The van der Waals surface area contributed by atoms with E-state index in [-0.39, 0.29) is 0 Å². The first-order chi connectivity index (χ1) is 9.24. The lowest BCUT2D eigenvalue weighted by Gasteiger charge is -2.25. The smallest absolute Gasteiger partial charge is 0.188 e. The summed E-state index contributed by atoms with van der Waals surface area (Å²) in [7, 11) is 0. The molecule has 4 heteroatoms. The van der Waals surface area contributed by atoms with Crippen LogP contribution in [0.1, 0.15) is 37.5 Å². The van der Waals surface area contributed by atoms with Crippen LogP contribution in [0.5, 0.6) is 0 Å². The van der Waals surface area contributed by atoms with Crippen molar-refractivity contribution in [1.82, 2.24) is 5.32 Å². The number of nitrogens with zero attached hydrogens (tertiary/aromatic N) is 1. The lowest BCUT2D eigenvalue weighted by atomic mass is 9.82. The van der Waals surface area contributed by atoms with Crippen LogP contribution in [0.15, 0.2) is 22.5 Å². The van der Waals surface area contributed by atoms with Crippen molar-refractivity contribution in [3.05, 3.63) is 22.4 Å². The third-order valence-electron chi connectivity index (χ3n) is 3.82. The summed E-state index contributed by atoms with van der Waals surface area (Å²) in [6.45, 7) is 4.11. The van der Waals surface area contributed by atoms with Crippen molar-refractivity contribution in [3.63, 3.8) is 0 Å². The summed E-state index contributed by atoms with van der Waals surface area (Å²) in [5.74, 6) is 2.21. The van der Waals surface area contributed by atoms with E-state index in [2.05, 4.69) is 34.7 Å². The van der Waals surface area contributed by atoms with Crippen molar-refractivity contribution in [1.29, 1.82) is 0 Å². The number of aliphatic imine (C=N–C) groups is 1. The van der Waals surface area contributed by atoms with Crippen LogP contribution in [0.3, 0.4) is 0 Å². The Kier molecular flexibility index (Phi) is 5.70. The first kappa shape index (κ1) is 14.4. The van der Waals surface area contributed by atoms with Gasteiger partial charge in [0.15, 0.2) is 5.96 Å². The molecular weight excluding hydrogens is 254 g/mol. The fraction of sp³-hybridized carbons (Fsp3) is 0.667. The van der Waals surface area contributed by atoms with E-state index in [4.69, 9.17) is 5.73 Å². The molecule has 2 atom stereocenters. The first-order valence-corrected chi connectivity index (χ1v) is 8.18. The molecule has 0 bridgehead atoms. The minimum Gasteiger partial charge on any atom is -0.370 e. The average Bonchev–Trinajstić information content (AvgIpc) is 2.90. The second-order valence-electron chi connectivity index (χ2n) is 5.62. The van der Waals surface area contributed by atoms with Crippen molar-refractivity contribution in [2.75, 3.05) is 13.1 Å². The molecule has 1 saturated carbocycles. The number of nitrogens with two attached hydrogens (primary N) is 1. The summed E-state index contributed by atoms with van der Waals surface area (Å²) in [6.07, 6.45) is 6.39. The van der Waals surface area contributed by atoms with Crippen LogP contribution in [-0.2, 0) is 6.42 Å². The van der Waals surface area contributed by atoms with Crippen LogP contribution in [0, 0.1) is 11.8 Å². The van der Waals surface area contributed by atoms with Gasteiger partial charge in [0.05, 0.1) is 0 Å². The summed E-state index contributed by atoms with van der Waals surface area (Å²) in [5.41, 5.74) is 5.91. The Balaban J connectivity index is 1.64. The van der Waals surface area contributed by atoms with Crippen molar-refractivity contribution in [2.24, 2.45) is 22.6 Å². The molecular formula is C15H25N3S. The molecule has 0 radical (unpaired) electrons. The van der Waals surface area contributed by atoms with Gasteiger partial charge in [0, 0.05) is 18.0 Å². The minimum atomic E-state index is 0.606. The number of hydrogen-bond donors (Lipinski definition) is 2. The largest absolute Gasteiger partial charge is 0.370 e. The fourth-order valence-electron chi connectivity index (χ4n) is 2.78. The maximum atomic E-state index is 5.91. The third-order valence-corrected chi connectivity index (χ3v) is 4.76. The minimum absolute atomic E-state index is 0.606. The maximum Gasteiger partial charge on any atom is 0.188 e. The van der Waals surface area contributed by atoms with E-state index >= 15 is 0 Å². The van der Waals surface area contributed by atoms with Crippen molar-refractivity contribution in [2.45, 2.75) is 39.0 Å². The van der Waals surface area contributed by atoms with Crippen molar-refractivity contribution in [3.8, 4) is 0 Å². The highest BCUT2D eigenvalue weighted by Crippen LogP contribution is 2.28. The molecule has 2 rings (SSSR count). The van der Waals surface area contributed by atoms with Crippen LogP contribution in [-0.4, -0.2) is 19.0 Å². The zero-order chi connectivity index (χ0) is 13.5. The van der Waals surface area contributed by atoms with Crippen LogP contribution >= 0.6 is 11.3 Å². The second kappa shape index (κ2) is 7.53. The Morgan fingerprint density at radius 1 is 1.53 bits per heavy atom. The topological polar surface area (TPSA) is 50.4 Å². The first-order valence-electron chi connectivity index (χ1n) is 7.30. The molecule has 19 heavy (non-hydrogen) atoms. The van der Waals surface area contributed by atoms with Gasteiger partial charge in [0.1, 0.15) is 0 Å². The van der Waals surface area contributed by atoms with Gasteiger partial charge in [0.2, 0.25) is 0 Å². The van der Waals surface area contributed by atoms with Gasteiger partial charge in [-0.25, -0.2) is 0 Å². The maximum absolute atomic E-state index is 5.91. The fourth-order valence-corrected chi connectivity index (χ4v) is 3.49. The zero-order valence-corrected chi connectivity index (χ0v) is 12.6. The quantitative estimate of drug-likeness (QED) is 0.643. The Labute approximate surface area is 120 Å². The summed E-state index contributed by atoms with van der Waals surface area (Å²) in [6, 6.07) is 4.24. The lowest BCUT2D eigenvalue weighted by molar-refractivity contribution is 0.289. The second-order valence-corrected chi connectivity index (χ2v) is 6.65. The predicted octanol–water partition coefficient (Wildman–Crippen LogP) is 3.02. The Bertz CT molecular complexity index is 386. The lowest BCUT2D eigenvalue weighted by Crippen LogP contribution is -2.33. The van der Waals surface area contributed by atoms with E-state index in [1.54, 1.807) is 11.3 Å². The van der Waals surface area contributed by atoms with Crippen LogP contribution in [0.25, 0.3) is 0 Å². The summed E-state index contributed by atoms with van der Waals surface area (Å²) in [4.78, 5) is 5.88. The number of thiophene rings is 1. The molecule has 1 aromatic heterocycles. The predicted molar refractivity (Wildman–Crippen MR) is 83.6 cm³/mol. The highest BCUT2D eigenvalue weighted by atomic mass is 32.1. The van der Waals surface area contributed by atoms with Gasteiger partial charge < -0.3 is 11.1 Å². The van der Waals surface area contributed by atoms with Gasteiger partial charge in [-0.1, -0.05) is 25.8 Å². The van der Waals surface area contributed by atoms with Gasteiger partial charge >= 0.3 is 0 Å². The molecule has 1 aliphatic rings. The molecule has 2 unspecified atom stereocenters. The number of nitrogens with one attached hydrogen (secondary N) is 1. The van der Waals surface area contributed by atoms with Crippen LogP contribution in [0.4, 0.5) is 0 Å². The van der Waals surface area contributed by atoms with E-state index in [1.807, 2.05) is 0 Å². The van der Waals surface area contributed by atoms with E-state index in [9.17, 15) is 0 Å². The van der Waals surface area contributed by atoms with E-state index in [0.717, 1.165) is 31.3 Å². The molecule has 0 aliphatic heterocycles. The number of hydrogen-bond acceptors (Lipinski definition) is 2. The van der Waals surface area contributed by atoms with Gasteiger partial charge in [-0.2, -0.15) is 0 Å². The Hall–Kier alpha value is -1.03. The van der Waals surface area contributed by atoms with Crippen LogP contribution < -0.4 is 11.1 Å². The molecule has 106 valence electrons. The average molecular weight is 279 g/mol. The zero-order valence-electron chi connectivity index (χ0n) is 11.8. The molecule has 3 nitrogen and oxygen atoms in total. The van der Waals surface area contributed by atoms with Gasteiger partial charge in [-0.15, -0.1) is 11.3 Å². The van der Waals surface area contributed by atoms with Crippen molar-refractivity contribution >= 4 is 17.3 Å². The SMILES string of the molecule is CC1CCCC(CN=C(N)NCCc2cccs2)C1. The molecule has 1 aliphatic carbocycles. The van der Waals surface area contributed by atoms with Crippen molar-refractivity contribution < 1.29 is 0 Å². The number of rotatable bonds is 5. The molecule has 3 N–H and O–H groups in total. The normalized spacial score (nSPS) is 24.4. The van der Waals surface area contributed by atoms with Gasteiger partial charge in [0.25, 0.3) is 0 Å². The van der Waals surface area contributed by atoms with Crippen LogP contribution in [0.2, 0.25) is 0 Å². The van der Waals surface area contributed by atoms with Gasteiger partial charge in [-0.3, -0.25) is 4.99 Å². The standard InChI is InChI=1S/C15H25N3S/c1-12-4-2-5-13(10-12)11-18-15(16)17-8-7-14-6-3-9-19-14/h3,6,9,12-13H,2,4-5,7-8,10-11H2,1H3,(H3,16,17,18).